The van der Waals surface area contributed by atoms with E-state index in [1.54, 1.807) is 0 Å². The molecule has 1 aliphatic heterocycles. The molecule has 2 heterocycles. The van der Waals surface area contributed by atoms with E-state index in [1.807, 2.05) is 19.0 Å². The molecular formula is C13H19N3O3S. The van der Waals surface area contributed by atoms with Gasteiger partial charge in [0, 0.05) is 25.2 Å². The molecule has 1 saturated heterocycles. The van der Waals surface area contributed by atoms with Crippen LogP contribution in [0.1, 0.15) is 29.4 Å². The Bertz CT molecular complexity index is 527. The van der Waals surface area contributed by atoms with Crippen LogP contribution in [0.15, 0.2) is 6.07 Å². The maximum absolute atomic E-state index is 11.4. The minimum atomic E-state index is -0.391. The lowest BCUT2D eigenvalue weighted by Gasteiger charge is -2.36. The number of ketones is 1. The number of Topliss-reactive ketones (excluding diaryl/α,β-unsaturated/α-hetero) is 1. The number of nitrogens with zero attached hydrogens (tertiary/aromatic N) is 3. The molecule has 1 aliphatic rings. The van der Waals surface area contributed by atoms with Crippen molar-refractivity contribution in [1.29, 1.82) is 0 Å². The molecule has 0 radical (unpaired) electrons. The zero-order valence-corrected chi connectivity index (χ0v) is 12.8. The number of carbonyl (C=O) groups is 1. The van der Waals surface area contributed by atoms with Crippen LogP contribution >= 0.6 is 11.3 Å². The summed E-state index contributed by atoms with van der Waals surface area (Å²) in [6.45, 7) is 3.02. The quantitative estimate of drug-likeness (QED) is 0.485. The molecule has 1 fully saturated rings. The van der Waals surface area contributed by atoms with Crippen LogP contribution in [0.4, 0.5) is 10.7 Å². The van der Waals surface area contributed by atoms with Crippen LogP contribution in [0.25, 0.3) is 0 Å². The van der Waals surface area contributed by atoms with Gasteiger partial charge < -0.3 is 9.80 Å². The molecule has 0 aliphatic carbocycles. The molecule has 0 saturated carbocycles. The highest BCUT2D eigenvalue weighted by Crippen LogP contribution is 2.39. The second kappa shape index (κ2) is 5.88. The van der Waals surface area contributed by atoms with Gasteiger partial charge in [0.05, 0.1) is 9.80 Å². The van der Waals surface area contributed by atoms with Crippen LogP contribution in [0, 0.1) is 10.1 Å². The van der Waals surface area contributed by atoms with Crippen molar-refractivity contribution < 1.29 is 9.72 Å². The summed E-state index contributed by atoms with van der Waals surface area (Å²) in [5.74, 6) is -0.120. The molecule has 1 unspecified atom stereocenters. The second-order valence-electron chi connectivity index (χ2n) is 5.32. The van der Waals surface area contributed by atoms with Crippen molar-refractivity contribution in [3.8, 4) is 0 Å². The highest BCUT2D eigenvalue weighted by molar-refractivity contribution is 7.18. The smallest absolute Gasteiger partial charge is 0.304 e. The molecule has 1 aromatic rings. The van der Waals surface area contributed by atoms with Gasteiger partial charge >= 0.3 is 5.69 Å². The van der Waals surface area contributed by atoms with Gasteiger partial charge in [-0.2, -0.15) is 0 Å². The summed E-state index contributed by atoms with van der Waals surface area (Å²) >= 11 is 1.23. The zero-order valence-electron chi connectivity index (χ0n) is 12.0. The van der Waals surface area contributed by atoms with Gasteiger partial charge in [0.15, 0.2) is 10.8 Å². The number of piperidine rings is 1. The summed E-state index contributed by atoms with van der Waals surface area (Å²) in [5, 5.41) is 11.8. The highest BCUT2D eigenvalue weighted by Gasteiger charge is 2.29. The largest absolute Gasteiger partial charge is 0.356 e. The van der Waals surface area contributed by atoms with Crippen LogP contribution in [0.2, 0.25) is 0 Å². The third kappa shape index (κ3) is 2.99. The van der Waals surface area contributed by atoms with Crippen LogP contribution in [0.3, 0.4) is 0 Å². The number of nitro groups is 1. The predicted molar refractivity (Wildman–Crippen MR) is 79.9 cm³/mol. The van der Waals surface area contributed by atoms with Gasteiger partial charge in [0.1, 0.15) is 0 Å². The first-order valence-corrected chi connectivity index (χ1v) is 7.42. The lowest BCUT2D eigenvalue weighted by Crippen LogP contribution is -2.45. The predicted octanol–water partition coefficient (Wildman–Crippen LogP) is 2.39. The molecule has 0 bridgehead atoms. The lowest BCUT2D eigenvalue weighted by molar-refractivity contribution is -0.383. The van der Waals surface area contributed by atoms with Crippen molar-refractivity contribution in [2.45, 2.75) is 25.8 Å². The normalized spacial score (nSPS) is 19.4. The molecule has 2 rings (SSSR count). The molecule has 0 N–H and O–H groups in total. The Morgan fingerprint density at radius 2 is 2.25 bits per heavy atom. The molecule has 0 aromatic carbocycles. The lowest BCUT2D eigenvalue weighted by atomic mass is 10.1. The first-order chi connectivity index (χ1) is 9.40. The molecule has 0 amide bonds. The van der Waals surface area contributed by atoms with E-state index < -0.39 is 4.92 Å². The first-order valence-electron chi connectivity index (χ1n) is 6.60. The van der Waals surface area contributed by atoms with E-state index in [0.717, 1.165) is 25.9 Å². The summed E-state index contributed by atoms with van der Waals surface area (Å²) in [4.78, 5) is 26.9. The maximum atomic E-state index is 11.4. The fourth-order valence-corrected chi connectivity index (χ4v) is 3.52. The molecule has 1 aromatic heterocycles. The Kier molecular flexibility index (Phi) is 4.39. The molecule has 7 heteroatoms. The molecule has 110 valence electrons. The molecule has 1 atom stereocenters. The van der Waals surface area contributed by atoms with Crippen LogP contribution in [-0.2, 0) is 0 Å². The number of anilines is 1. The van der Waals surface area contributed by atoms with Crippen molar-refractivity contribution in [3.05, 3.63) is 21.1 Å². The third-order valence-electron chi connectivity index (χ3n) is 3.65. The van der Waals surface area contributed by atoms with Crippen molar-refractivity contribution in [2.75, 3.05) is 32.1 Å². The molecular weight excluding hydrogens is 278 g/mol. The Labute approximate surface area is 122 Å². The molecule has 20 heavy (non-hydrogen) atoms. The number of rotatable bonds is 4. The van der Waals surface area contributed by atoms with Crippen LogP contribution in [-0.4, -0.2) is 48.8 Å². The summed E-state index contributed by atoms with van der Waals surface area (Å²) < 4.78 is 0. The van der Waals surface area contributed by atoms with Crippen molar-refractivity contribution in [2.24, 2.45) is 0 Å². The minimum Gasteiger partial charge on any atom is -0.356 e. The number of thiophene rings is 1. The standard InChI is InChI=1S/C13H19N3O3S/c1-9(17)12-7-11(16(18)19)13(20-12)15-6-4-5-10(8-15)14(2)3/h7,10H,4-6,8H2,1-3H3. The monoisotopic (exact) mass is 297 g/mol. The third-order valence-corrected chi connectivity index (χ3v) is 4.94. The van der Waals surface area contributed by atoms with Gasteiger partial charge in [0.25, 0.3) is 0 Å². The zero-order chi connectivity index (χ0) is 14.9. The first kappa shape index (κ1) is 14.9. The summed E-state index contributed by atoms with van der Waals surface area (Å²) in [6.07, 6.45) is 2.11. The van der Waals surface area contributed by atoms with Gasteiger partial charge in [-0.05, 0) is 33.9 Å². The van der Waals surface area contributed by atoms with E-state index in [0.29, 0.717) is 15.9 Å². The fourth-order valence-electron chi connectivity index (χ4n) is 2.46. The Balaban J connectivity index is 2.31. The van der Waals surface area contributed by atoms with Gasteiger partial charge in [-0.15, -0.1) is 11.3 Å². The van der Waals surface area contributed by atoms with Crippen molar-refractivity contribution in [1.82, 2.24) is 4.90 Å². The fraction of sp³-hybridized carbons (Fsp3) is 0.615. The number of likely N-dealkylation sites (N-methyl/N-ethyl adjacent to an activating group) is 1. The van der Waals surface area contributed by atoms with Gasteiger partial charge in [0.2, 0.25) is 0 Å². The average Bonchev–Trinajstić information content (AvgIpc) is 2.84. The number of carbonyl (C=O) groups excluding carboxylic acids is 1. The van der Waals surface area contributed by atoms with Crippen LogP contribution in [0.5, 0.6) is 0 Å². The second-order valence-corrected chi connectivity index (χ2v) is 6.35. The highest BCUT2D eigenvalue weighted by atomic mass is 32.1. The van der Waals surface area contributed by atoms with Crippen molar-refractivity contribution >= 4 is 27.8 Å². The Hall–Kier alpha value is -1.47. The SMILES string of the molecule is CC(=O)c1cc([N+](=O)[O-])c(N2CCCC(N(C)C)C2)s1. The minimum absolute atomic E-state index is 0.0552. The Morgan fingerprint density at radius 1 is 1.55 bits per heavy atom. The van der Waals surface area contributed by atoms with E-state index in [4.69, 9.17) is 0 Å². The van der Waals surface area contributed by atoms with Gasteiger partial charge in [-0.3, -0.25) is 14.9 Å². The van der Waals surface area contributed by atoms with E-state index >= 15 is 0 Å². The summed E-state index contributed by atoms with van der Waals surface area (Å²) in [7, 11) is 4.05. The van der Waals surface area contributed by atoms with Gasteiger partial charge in [-0.25, -0.2) is 0 Å². The van der Waals surface area contributed by atoms with Crippen LogP contribution < -0.4 is 4.90 Å². The van der Waals surface area contributed by atoms with E-state index in [9.17, 15) is 14.9 Å². The number of hydrogen-bond donors (Lipinski definition) is 0. The van der Waals surface area contributed by atoms with E-state index in [-0.39, 0.29) is 11.5 Å². The average molecular weight is 297 g/mol. The Morgan fingerprint density at radius 3 is 2.80 bits per heavy atom. The maximum Gasteiger partial charge on any atom is 0.304 e. The number of hydrogen-bond acceptors (Lipinski definition) is 6. The molecule has 0 spiro atoms. The summed E-state index contributed by atoms with van der Waals surface area (Å²) in [5.41, 5.74) is 0.0552. The van der Waals surface area contributed by atoms with E-state index in [1.165, 1.54) is 24.3 Å². The topological polar surface area (TPSA) is 66.7 Å². The van der Waals surface area contributed by atoms with E-state index in [2.05, 4.69) is 4.90 Å². The van der Waals surface area contributed by atoms with Gasteiger partial charge in [-0.1, -0.05) is 0 Å². The van der Waals surface area contributed by atoms with Crippen molar-refractivity contribution in [3.63, 3.8) is 0 Å². The molecule has 6 nitrogen and oxygen atoms in total. The summed E-state index contributed by atoms with van der Waals surface area (Å²) in [6, 6.07) is 1.80.